The van der Waals surface area contributed by atoms with Gasteiger partial charge in [0.05, 0.1) is 11.1 Å². The maximum Gasteiger partial charge on any atom is 0.399 e. The molecule has 0 fully saturated rings. The molecule has 0 unspecified atom stereocenters. The largest absolute Gasteiger partial charge is 0.399 e. The number of hydrogen-bond donors (Lipinski definition) is 0. The number of hydrogen-bond acceptors (Lipinski definition) is 4. The van der Waals surface area contributed by atoms with E-state index in [9.17, 15) is 23.2 Å². The lowest BCUT2D eigenvalue weighted by molar-refractivity contribution is -0.181. The molecule has 0 N–H and O–H groups in total. The average molecular weight is 241 g/mol. The van der Waals surface area contributed by atoms with Gasteiger partial charge in [0, 0.05) is 0 Å². The van der Waals surface area contributed by atoms with Crippen LogP contribution in [0.3, 0.4) is 0 Å². The fraction of sp³-hybridized carbons (Fsp3) is 0.100. The topological polar surface area (TPSA) is 63.7 Å². The van der Waals surface area contributed by atoms with Crippen LogP contribution in [0, 0.1) is 0 Å². The fourth-order valence-corrected chi connectivity index (χ4v) is 1.38. The maximum atomic E-state index is 11.9. The number of hydroxylamine groups is 2. The van der Waals surface area contributed by atoms with Crippen molar-refractivity contribution >= 4 is 17.8 Å². The van der Waals surface area contributed by atoms with Gasteiger partial charge in [0.15, 0.2) is 0 Å². The number of alkyl halides is 2. The molecule has 0 saturated heterocycles. The van der Waals surface area contributed by atoms with E-state index in [0.29, 0.717) is 0 Å². The lowest BCUT2D eigenvalue weighted by Crippen LogP contribution is -2.34. The summed E-state index contributed by atoms with van der Waals surface area (Å²) in [5.74, 6) is -3.81. The van der Waals surface area contributed by atoms with Gasteiger partial charge in [0.1, 0.15) is 0 Å². The number of amides is 2. The Labute approximate surface area is 93.5 Å². The van der Waals surface area contributed by atoms with Gasteiger partial charge in [-0.05, 0) is 12.1 Å². The minimum Gasteiger partial charge on any atom is -0.323 e. The van der Waals surface area contributed by atoms with Crippen molar-refractivity contribution in [2.24, 2.45) is 0 Å². The second-order valence-corrected chi connectivity index (χ2v) is 3.16. The Morgan fingerprint density at radius 2 is 1.59 bits per heavy atom. The molecule has 2 amide bonds. The minimum absolute atomic E-state index is 0.0135. The predicted molar refractivity (Wildman–Crippen MR) is 49.0 cm³/mol. The lowest BCUT2D eigenvalue weighted by atomic mass is 10.1. The molecule has 17 heavy (non-hydrogen) atoms. The zero-order chi connectivity index (χ0) is 12.6. The van der Waals surface area contributed by atoms with E-state index in [0.717, 1.165) is 0 Å². The van der Waals surface area contributed by atoms with Crippen LogP contribution in [0.5, 0.6) is 0 Å². The van der Waals surface area contributed by atoms with Crippen molar-refractivity contribution in [1.82, 2.24) is 5.06 Å². The number of rotatable bonds is 2. The Morgan fingerprint density at radius 1 is 1.12 bits per heavy atom. The number of imide groups is 1. The first-order valence-electron chi connectivity index (χ1n) is 4.50. The van der Waals surface area contributed by atoms with Crippen LogP contribution in [0.1, 0.15) is 20.7 Å². The van der Waals surface area contributed by atoms with Gasteiger partial charge in [0.2, 0.25) is 0 Å². The summed E-state index contributed by atoms with van der Waals surface area (Å²) in [6.07, 6.45) is -3.40. The van der Waals surface area contributed by atoms with Crippen molar-refractivity contribution in [3.8, 4) is 0 Å². The van der Waals surface area contributed by atoms with Crippen LogP contribution in [0.2, 0.25) is 0 Å². The SMILES string of the molecule is O=C(ON1C(=O)c2ccccc2C1=O)C(F)F. The molecule has 0 bridgehead atoms. The van der Waals surface area contributed by atoms with Gasteiger partial charge < -0.3 is 4.84 Å². The van der Waals surface area contributed by atoms with E-state index in [1.54, 1.807) is 0 Å². The number of benzene rings is 1. The zero-order valence-corrected chi connectivity index (χ0v) is 8.22. The molecule has 88 valence electrons. The van der Waals surface area contributed by atoms with Crippen LogP contribution in [0.25, 0.3) is 0 Å². The minimum atomic E-state index is -3.40. The third-order valence-corrected chi connectivity index (χ3v) is 2.12. The smallest absolute Gasteiger partial charge is 0.323 e. The van der Waals surface area contributed by atoms with Gasteiger partial charge in [-0.25, -0.2) is 4.79 Å². The van der Waals surface area contributed by atoms with Crippen LogP contribution in [-0.4, -0.2) is 29.3 Å². The van der Waals surface area contributed by atoms with Gasteiger partial charge in [-0.1, -0.05) is 17.2 Å². The average Bonchev–Trinajstić information content (AvgIpc) is 2.55. The first-order valence-corrected chi connectivity index (χ1v) is 4.50. The van der Waals surface area contributed by atoms with Crippen molar-refractivity contribution in [2.45, 2.75) is 6.43 Å². The molecule has 0 radical (unpaired) electrons. The van der Waals surface area contributed by atoms with Gasteiger partial charge in [0.25, 0.3) is 11.8 Å². The molecule has 0 saturated carbocycles. The van der Waals surface area contributed by atoms with E-state index >= 15 is 0 Å². The molecule has 0 atom stereocenters. The highest BCUT2D eigenvalue weighted by atomic mass is 19.3. The summed E-state index contributed by atoms with van der Waals surface area (Å²) < 4.78 is 23.9. The summed E-state index contributed by atoms with van der Waals surface area (Å²) >= 11 is 0. The normalized spacial score (nSPS) is 14.2. The van der Waals surface area contributed by atoms with E-state index in [4.69, 9.17) is 0 Å². The Kier molecular flexibility index (Phi) is 2.58. The molecule has 1 aliphatic heterocycles. The van der Waals surface area contributed by atoms with Crippen LogP contribution in [0.15, 0.2) is 24.3 Å². The molecule has 0 aliphatic carbocycles. The second kappa shape index (κ2) is 3.93. The monoisotopic (exact) mass is 241 g/mol. The Balaban J connectivity index is 2.28. The lowest BCUT2D eigenvalue weighted by Gasteiger charge is -2.11. The highest BCUT2D eigenvalue weighted by molar-refractivity contribution is 6.20. The number of nitrogens with zero attached hydrogens (tertiary/aromatic N) is 1. The third kappa shape index (κ3) is 1.75. The number of halogens is 2. The number of carbonyl (C=O) groups excluding carboxylic acids is 3. The predicted octanol–water partition coefficient (Wildman–Crippen LogP) is 1.01. The Morgan fingerprint density at radius 3 is 2.00 bits per heavy atom. The van der Waals surface area contributed by atoms with Crippen LogP contribution in [-0.2, 0) is 9.63 Å². The molecular formula is C10H5F2NO4. The summed E-state index contributed by atoms with van der Waals surface area (Å²) in [7, 11) is 0. The molecule has 0 aromatic heterocycles. The van der Waals surface area contributed by atoms with E-state index in [-0.39, 0.29) is 16.2 Å². The molecule has 2 rings (SSSR count). The molecule has 7 heteroatoms. The molecule has 0 spiro atoms. The highest BCUT2D eigenvalue weighted by Gasteiger charge is 2.39. The van der Waals surface area contributed by atoms with Crippen molar-refractivity contribution in [1.29, 1.82) is 0 Å². The van der Waals surface area contributed by atoms with E-state index < -0.39 is 24.2 Å². The standard InChI is InChI=1S/C10H5F2NO4/c11-7(12)10(16)17-13-8(14)5-3-1-2-4-6(5)9(13)15/h1-4,7H. The highest BCUT2D eigenvalue weighted by Crippen LogP contribution is 2.22. The first-order chi connectivity index (χ1) is 8.02. The summed E-state index contributed by atoms with van der Waals surface area (Å²) in [6, 6.07) is 5.68. The summed E-state index contributed by atoms with van der Waals surface area (Å²) in [4.78, 5) is 37.7. The summed E-state index contributed by atoms with van der Waals surface area (Å²) in [6.45, 7) is 0. The van der Waals surface area contributed by atoms with Crippen molar-refractivity contribution < 1.29 is 28.0 Å². The van der Waals surface area contributed by atoms with E-state index in [2.05, 4.69) is 4.84 Å². The first kappa shape index (κ1) is 11.2. The van der Waals surface area contributed by atoms with Gasteiger partial charge in [-0.15, -0.1) is 0 Å². The van der Waals surface area contributed by atoms with Crippen molar-refractivity contribution in [3.05, 3.63) is 35.4 Å². The summed E-state index contributed by atoms with van der Waals surface area (Å²) in [5, 5.41) is 0.0408. The van der Waals surface area contributed by atoms with Crippen LogP contribution < -0.4 is 0 Å². The third-order valence-electron chi connectivity index (χ3n) is 2.12. The molecule has 5 nitrogen and oxygen atoms in total. The van der Waals surface area contributed by atoms with Crippen molar-refractivity contribution in [3.63, 3.8) is 0 Å². The number of fused-ring (bicyclic) bond motifs is 1. The molecule has 1 aliphatic rings. The van der Waals surface area contributed by atoms with E-state index in [1.807, 2.05) is 0 Å². The van der Waals surface area contributed by atoms with Gasteiger partial charge >= 0.3 is 12.4 Å². The van der Waals surface area contributed by atoms with E-state index in [1.165, 1.54) is 24.3 Å². The van der Waals surface area contributed by atoms with Crippen LogP contribution in [0.4, 0.5) is 8.78 Å². The Bertz CT molecular complexity index is 480. The van der Waals surface area contributed by atoms with Gasteiger partial charge in [-0.3, -0.25) is 9.59 Å². The van der Waals surface area contributed by atoms with Gasteiger partial charge in [-0.2, -0.15) is 8.78 Å². The number of carbonyl (C=O) groups is 3. The zero-order valence-electron chi connectivity index (χ0n) is 8.22. The Hall–Kier alpha value is -2.31. The fourth-order valence-electron chi connectivity index (χ4n) is 1.38. The molecule has 1 aromatic carbocycles. The molecular weight excluding hydrogens is 236 g/mol. The van der Waals surface area contributed by atoms with Crippen molar-refractivity contribution in [2.75, 3.05) is 0 Å². The quantitative estimate of drug-likeness (QED) is 0.725. The maximum absolute atomic E-state index is 11.9. The molecule has 1 aromatic rings. The summed E-state index contributed by atoms with van der Waals surface area (Å²) in [5.41, 5.74) is 0.0270. The second-order valence-electron chi connectivity index (χ2n) is 3.16. The molecule has 1 heterocycles. The van der Waals surface area contributed by atoms with Crippen LogP contribution >= 0.6 is 0 Å².